The third kappa shape index (κ3) is 1.23. The number of aliphatic imine (C=N–C) groups is 1. The topological polar surface area (TPSA) is 38.4 Å². The Morgan fingerprint density at radius 1 is 1.17 bits per heavy atom. The number of allylic oxidation sites excluding steroid dienone is 1. The molecular formula is C10H10N2. The second kappa shape index (κ2) is 2.81. The molecule has 60 valence electrons. The van der Waals surface area contributed by atoms with E-state index in [1.807, 2.05) is 36.5 Å². The molecule has 0 saturated heterocycles. The summed E-state index contributed by atoms with van der Waals surface area (Å²) >= 11 is 0. The highest BCUT2D eigenvalue weighted by molar-refractivity contribution is 6.03. The summed E-state index contributed by atoms with van der Waals surface area (Å²) in [6.45, 7) is 0. The molecule has 2 N–H and O–H groups in total. The van der Waals surface area contributed by atoms with Crippen LogP contribution in [0.1, 0.15) is 12.0 Å². The zero-order chi connectivity index (χ0) is 8.39. The Balaban J connectivity index is 2.30. The first kappa shape index (κ1) is 7.10. The van der Waals surface area contributed by atoms with E-state index >= 15 is 0 Å². The van der Waals surface area contributed by atoms with Crippen molar-refractivity contribution in [3.8, 4) is 0 Å². The number of nitrogens with zero attached hydrogens (tertiary/aromatic N) is 1. The fourth-order valence-corrected chi connectivity index (χ4v) is 1.23. The molecule has 0 spiro atoms. The molecule has 0 saturated carbocycles. The lowest BCUT2D eigenvalue weighted by Gasteiger charge is -1.99. The van der Waals surface area contributed by atoms with E-state index in [2.05, 4.69) is 4.99 Å². The van der Waals surface area contributed by atoms with E-state index in [1.165, 1.54) is 0 Å². The van der Waals surface area contributed by atoms with Gasteiger partial charge in [0, 0.05) is 18.3 Å². The Labute approximate surface area is 71.4 Å². The first-order chi connectivity index (χ1) is 5.86. The summed E-state index contributed by atoms with van der Waals surface area (Å²) in [5, 5.41) is 0. The van der Waals surface area contributed by atoms with Crippen molar-refractivity contribution in [3.05, 3.63) is 42.1 Å². The van der Waals surface area contributed by atoms with Crippen molar-refractivity contribution in [1.82, 2.24) is 0 Å². The van der Waals surface area contributed by atoms with Gasteiger partial charge >= 0.3 is 0 Å². The van der Waals surface area contributed by atoms with Crippen LogP contribution in [0.2, 0.25) is 0 Å². The quantitative estimate of drug-likeness (QED) is 0.623. The smallest absolute Gasteiger partial charge is 0.0514 e. The minimum absolute atomic E-state index is 0.797. The molecule has 12 heavy (non-hydrogen) atoms. The molecule has 0 radical (unpaired) electrons. The van der Waals surface area contributed by atoms with Crippen LogP contribution in [0.4, 0.5) is 5.69 Å². The molecule has 0 amide bonds. The highest BCUT2D eigenvalue weighted by Gasteiger charge is 2.03. The van der Waals surface area contributed by atoms with Gasteiger partial charge in [0.25, 0.3) is 0 Å². The van der Waals surface area contributed by atoms with Crippen LogP contribution in [-0.2, 0) is 0 Å². The first-order valence-corrected chi connectivity index (χ1v) is 3.94. The van der Waals surface area contributed by atoms with E-state index in [0.29, 0.717) is 0 Å². The van der Waals surface area contributed by atoms with Crippen molar-refractivity contribution in [2.24, 2.45) is 4.99 Å². The summed E-state index contributed by atoms with van der Waals surface area (Å²) in [6.07, 6.45) is 4.82. The predicted molar refractivity (Wildman–Crippen MR) is 51.1 cm³/mol. The van der Waals surface area contributed by atoms with E-state index in [0.717, 1.165) is 23.4 Å². The third-order valence-corrected chi connectivity index (χ3v) is 1.89. The van der Waals surface area contributed by atoms with Gasteiger partial charge in [-0.3, -0.25) is 4.99 Å². The van der Waals surface area contributed by atoms with E-state index < -0.39 is 0 Å². The van der Waals surface area contributed by atoms with Crippen LogP contribution in [0.3, 0.4) is 0 Å². The SMILES string of the molecule is Nc1ccc(C2=NC=CC2)cc1. The van der Waals surface area contributed by atoms with Gasteiger partial charge in [0.2, 0.25) is 0 Å². The average Bonchev–Trinajstić information content (AvgIpc) is 2.58. The second-order valence-corrected chi connectivity index (χ2v) is 2.79. The van der Waals surface area contributed by atoms with Crippen molar-refractivity contribution in [2.45, 2.75) is 6.42 Å². The second-order valence-electron chi connectivity index (χ2n) is 2.79. The lowest BCUT2D eigenvalue weighted by atomic mass is 10.1. The molecule has 0 aliphatic carbocycles. The lowest BCUT2D eigenvalue weighted by molar-refractivity contribution is 1.49. The summed E-state index contributed by atoms with van der Waals surface area (Å²) in [5.41, 5.74) is 8.65. The van der Waals surface area contributed by atoms with E-state index in [-0.39, 0.29) is 0 Å². The van der Waals surface area contributed by atoms with Gasteiger partial charge in [-0.1, -0.05) is 18.2 Å². The Morgan fingerprint density at radius 3 is 2.50 bits per heavy atom. The molecule has 1 aliphatic heterocycles. The summed E-state index contributed by atoms with van der Waals surface area (Å²) in [7, 11) is 0. The van der Waals surface area contributed by atoms with Gasteiger partial charge < -0.3 is 5.73 Å². The van der Waals surface area contributed by atoms with Gasteiger partial charge in [-0.15, -0.1) is 0 Å². The van der Waals surface area contributed by atoms with Crippen LogP contribution in [0.25, 0.3) is 0 Å². The molecule has 1 aromatic rings. The van der Waals surface area contributed by atoms with E-state index in [4.69, 9.17) is 5.73 Å². The molecule has 0 fully saturated rings. The van der Waals surface area contributed by atoms with Crippen LogP contribution in [0, 0.1) is 0 Å². The standard InChI is InChI=1S/C10H10N2/c11-9-5-3-8(4-6-9)10-2-1-7-12-10/h1,3-7H,2,11H2. The van der Waals surface area contributed by atoms with Crippen molar-refractivity contribution >= 4 is 11.4 Å². The van der Waals surface area contributed by atoms with Crippen LogP contribution >= 0.6 is 0 Å². The normalized spacial score (nSPS) is 14.8. The van der Waals surface area contributed by atoms with Crippen molar-refractivity contribution in [2.75, 3.05) is 5.73 Å². The summed E-state index contributed by atoms with van der Waals surface area (Å²) < 4.78 is 0. The molecule has 2 rings (SSSR count). The average molecular weight is 158 g/mol. The molecule has 1 heterocycles. The number of nitrogen functional groups attached to an aromatic ring is 1. The zero-order valence-electron chi connectivity index (χ0n) is 6.70. The van der Waals surface area contributed by atoms with Crippen LogP contribution in [-0.4, -0.2) is 5.71 Å². The fourth-order valence-electron chi connectivity index (χ4n) is 1.23. The molecule has 1 aliphatic rings. The maximum Gasteiger partial charge on any atom is 0.0514 e. The van der Waals surface area contributed by atoms with Gasteiger partial charge in [0.05, 0.1) is 5.71 Å². The van der Waals surface area contributed by atoms with Gasteiger partial charge in [-0.05, 0) is 17.7 Å². The van der Waals surface area contributed by atoms with Gasteiger partial charge in [0.1, 0.15) is 0 Å². The van der Waals surface area contributed by atoms with Crippen LogP contribution in [0.15, 0.2) is 41.5 Å². The number of rotatable bonds is 1. The van der Waals surface area contributed by atoms with Gasteiger partial charge in [-0.25, -0.2) is 0 Å². The molecule has 0 aromatic heterocycles. The summed E-state index contributed by atoms with van der Waals surface area (Å²) in [4.78, 5) is 4.23. The largest absolute Gasteiger partial charge is 0.399 e. The lowest BCUT2D eigenvalue weighted by Crippen LogP contribution is -1.96. The molecule has 1 aromatic carbocycles. The van der Waals surface area contributed by atoms with Gasteiger partial charge in [-0.2, -0.15) is 0 Å². The first-order valence-electron chi connectivity index (χ1n) is 3.94. The van der Waals surface area contributed by atoms with Crippen molar-refractivity contribution in [1.29, 1.82) is 0 Å². The Hall–Kier alpha value is -1.57. The monoisotopic (exact) mass is 158 g/mol. The number of nitrogens with two attached hydrogens (primary N) is 1. The van der Waals surface area contributed by atoms with E-state index in [1.54, 1.807) is 0 Å². The van der Waals surface area contributed by atoms with Gasteiger partial charge in [0.15, 0.2) is 0 Å². The maximum absolute atomic E-state index is 5.57. The van der Waals surface area contributed by atoms with Crippen molar-refractivity contribution < 1.29 is 0 Å². The number of hydrogen-bond acceptors (Lipinski definition) is 2. The number of anilines is 1. The highest BCUT2D eigenvalue weighted by atomic mass is 14.7. The molecule has 0 unspecified atom stereocenters. The molecule has 0 atom stereocenters. The Bertz CT molecular complexity index is 333. The predicted octanol–water partition coefficient (Wildman–Crippen LogP) is 1.98. The minimum Gasteiger partial charge on any atom is -0.399 e. The highest BCUT2D eigenvalue weighted by Crippen LogP contribution is 2.12. The summed E-state index contributed by atoms with van der Waals surface area (Å²) in [6, 6.07) is 7.80. The third-order valence-electron chi connectivity index (χ3n) is 1.89. The summed E-state index contributed by atoms with van der Waals surface area (Å²) in [5.74, 6) is 0. The van der Waals surface area contributed by atoms with Crippen LogP contribution < -0.4 is 5.73 Å². The van der Waals surface area contributed by atoms with Crippen LogP contribution in [0.5, 0.6) is 0 Å². The minimum atomic E-state index is 0.797. The molecular weight excluding hydrogens is 148 g/mol. The van der Waals surface area contributed by atoms with E-state index in [9.17, 15) is 0 Å². The Kier molecular flexibility index (Phi) is 1.67. The Morgan fingerprint density at radius 2 is 1.92 bits per heavy atom. The fraction of sp³-hybridized carbons (Fsp3) is 0.100. The molecule has 0 bridgehead atoms. The molecule has 2 heteroatoms. The van der Waals surface area contributed by atoms with Crippen molar-refractivity contribution in [3.63, 3.8) is 0 Å². The maximum atomic E-state index is 5.57. The zero-order valence-corrected chi connectivity index (χ0v) is 6.70. The number of hydrogen-bond donors (Lipinski definition) is 1. The molecule has 2 nitrogen and oxygen atoms in total. The number of benzene rings is 1.